The van der Waals surface area contributed by atoms with E-state index in [1.165, 1.54) is 13.2 Å². The highest BCUT2D eigenvalue weighted by Crippen LogP contribution is 2.28. The van der Waals surface area contributed by atoms with E-state index in [0.29, 0.717) is 11.1 Å². The number of hydrogen-bond donors (Lipinski definition) is 1. The fourth-order valence-electron chi connectivity index (χ4n) is 1.74. The predicted octanol–water partition coefficient (Wildman–Crippen LogP) is 2.86. The van der Waals surface area contributed by atoms with Crippen LogP contribution in [0, 0.1) is 5.82 Å². The first-order valence-electron chi connectivity index (χ1n) is 5.37. The molecule has 0 bridgehead atoms. The van der Waals surface area contributed by atoms with Crippen LogP contribution in [0.25, 0.3) is 11.1 Å². The van der Waals surface area contributed by atoms with Crippen LogP contribution in [0.4, 0.5) is 10.1 Å². The average molecular weight is 245 g/mol. The van der Waals surface area contributed by atoms with Crippen molar-refractivity contribution < 1.29 is 13.9 Å². The Kier molecular flexibility index (Phi) is 3.28. The standard InChI is InChI=1S/C14H12FNO2/c1-18-14(17)12-11(16)8-7-10(13(12)15)9-5-3-2-4-6-9/h2-8H,16H2,1H3. The Bertz CT molecular complexity index is 582. The highest BCUT2D eigenvalue weighted by molar-refractivity contribution is 5.97. The van der Waals surface area contributed by atoms with Crippen LogP contribution in [0.15, 0.2) is 42.5 Å². The summed E-state index contributed by atoms with van der Waals surface area (Å²) in [5.74, 6) is -1.43. The van der Waals surface area contributed by atoms with Gasteiger partial charge in [-0.05, 0) is 17.7 Å². The van der Waals surface area contributed by atoms with Gasteiger partial charge < -0.3 is 10.5 Å². The Labute approximate surface area is 104 Å². The molecule has 0 aliphatic rings. The maximum atomic E-state index is 14.3. The molecule has 0 fully saturated rings. The van der Waals surface area contributed by atoms with Crippen molar-refractivity contribution in [2.45, 2.75) is 0 Å². The van der Waals surface area contributed by atoms with Crippen LogP contribution in [0.2, 0.25) is 0 Å². The molecule has 0 saturated carbocycles. The zero-order valence-electron chi connectivity index (χ0n) is 9.81. The van der Waals surface area contributed by atoms with Gasteiger partial charge in [0.15, 0.2) is 0 Å². The summed E-state index contributed by atoms with van der Waals surface area (Å²) in [6.45, 7) is 0. The Morgan fingerprint density at radius 2 is 1.83 bits per heavy atom. The molecule has 2 aromatic rings. The lowest BCUT2D eigenvalue weighted by atomic mass is 10.0. The molecule has 0 aromatic heterocycles. The Hall–Kier alpha value is -2.36. The van der Waals surface area contributed by atoms with E-state index in [4.69, 9.17) is 5.73 Å². The fraction of sp³-hybridized carbons (Fsp3) is 0.0714. The molecule has 0 spiro atoms. The Morgan fingerprint density at radius 1 is 1.17 bits per heavy atom. The van der Waals surface area contributed by atoms with Crippen LogP contribution in [-0.4, -0.2) is 13.1 Å². The SMILES string of the molecule is COC(=O)c1c(N)ccc(-c2ccccc2)c1F. The van der Waals surface area contributed by atoms with Crippen LogP contribution in [0.3, 0.4) is 0 Å². The molecule has 92 valence electrons. The first-order valence-corrected chi connectivity index (χ1v) is 5.37. The molecule has 0 amide bonds. The van der Waals surface area contributed by atoms with E-state index < -0.39 is 11.8 Å². The molecule has 18 heavy (non-hydrogen) atoms. The first-order chi connectivity index (χ1) is 8.65. The lowest BCUT2D eigenvalue weighted by Gasteiger charge is -2.09. The van der Waals surface area contributed by atoms with Gasteiger partial charge >= 0.3 is 5.97 Å². The molecule has 0 aliphatic carbocycles. The second kappa shape index (κ2) is 4.87. The number of rotatable bonds is 2. The van der Waals surface area contributed by atoms with Crippen molar-refractivity contribution in [2.24, 2.45) is 0 Å². The van der Waals surface area contributed by atoms with Crippen molar-refractivity contribution in [3.8, 4) is 11.1 Å². The van der Waals surface area contributed by atoms with Crippen molar-refractivity contribution in [3.05, 3.63) is 53.8 Å². The number of ether oxygens (including phenoxy) is 1. The van der Waals surface area contributed by atoms with E-state index in [9.17, 15) is 9.18 Å². The number of hydrogen-bond acceptors (Lipinski definition) is 3. The number of nitrogens with two attached hydrogens (primary N) is 1. The number of benzene rings is 2. The van der Waals surface area contributed by atoms with Crippen LogP contribution in [0.1, 0.15) is 10.4 Å². The van der Waals surface area contributed by atoms with Gasteiger partial charge in [0.25, 0.3) is 0 Å². The third-order valence-electron chi connectivity index (χ3n) is 2.65. The van der Waals surface area contributed by atoms with E-state index >= 15 is 0 Å². The summed E-state index contributed by atoms with van der Waals surface area (Å²) >= 11 is 0. The topological polar surface area (TPSA) is 52.3 Å². The van der Waals surface area contributed by atoms with Gasteiger partial charge in [0.1, 0.15) is 11.4 Å². The summed E-state index contributed by atoms with van der Waals surface area (Å²) < 4.78 is 18.8. The minimum atomic E-state index is -0.775. The van der Waals surface area contributed by atoms with Crippen LogP contribution in [-0.2, 0) is 4.74 Å². The number of esters is 1. The van der Waals surface area contributed by atoms with Crippen LogP contribution in [0.5, 0.6) is 0 Å². The van der Waals surface area contributed by atoms with Gasteiger partial charge in [-0.1, -0.05) is 30.3 Å². The molecule has 2 N–H and O–H groups in total. The molecule has 2 rings (SSSR count). The van der Waals surface area contributed by atoms with Gasteiger partial charge in [-0.15, -0.1) is 0 Å². The second-order valence-electron chi connectivity index (χ2n) is 3.75. The number of anilines is 1. The van der Waals surface area contributed by atoms with Gasteiger partial charge in [0.2, 0.25) is 0 Å². The molecule has 0 aliphatic heterocycles. The van der Waals surface area contributed by atoms with E-state index in [0.717, 1.165) is 0 Å². The summed E-state index contributed by atoms with van der Waals surface area (Å²) in [4.78, 5) is 11.5. The predicted molar refractivity (Wildman–Crippen MR) is 67.6 cm³/mol. The molecular weight excluding hydrogens is 233 g/mol. The molecule has 0 atom stereocenters. The van der Waals surface area contributed by atoms with E-state index in [1.54, 1.807) is 30.3 Å². The minimum Gasteiger partial charge on any atom is -0.465 e. The van der Waals surface area contributed by atoms with Crippen LogP contribution >= 0.6 is 0 Å². The van der Waals surface area contributed by atoms with E-state index in [2.05, 4.69) is 4.74 Å². The molecule has 0 radical (unpaired) electrons. The van der Waals surface area contributed by atoms with E-state index in [1.807, 2.05) is 6.07 Å². The van der Waals surface area contributed by atoms with Crippen molar-refractivity contribution in [1.29, 1.82) is 0 Å². The smallest absolute Gasteiger partial charge is 0.342 e. The zero-order chi connectivity index (χ0) is 13.1. The Morgan fingerprint density at radius 3 is 2.44 bits per heavy atom. The van der Waals surface area contributed by atoms with Gasteiger partial charge in [0, 0.05) is 11.3 Å². The van der Waals surface area contributed by atoms with Gasteiger partial charge in [0.05, 0.1) is 7.11 Å². The van der Waals surface area contributed by atoms with Gasteiger partial charge in [-0.25, -0.2) is 9.18 Å². The monoisotopic (exact) mass is 245 g/mol. The molecule has 4 heteroatoms. The van der Waals surface area contributed by atoms with Gasteiger partial charge in [-0.3, -0.25) is 0 Å². The summed E-state index contributed by atoms with van der Waals surface area (Å²) in [6, 6.07) is 12.0. The van der Waals surface area contributed by atoms with Crippen molar-refractivity contribution >= 4 is 11.7 Å². The van der Waals surface area contributed by atoms with Crippen molar-refractivity contribution in [2.75, 3.05) is 12.8 Å². The fourth-order valence-corrected chi connectivity index (χ4v) is 1.74. The quantitative estimate of drug-likeness (QED) is 0.653. The van der Waals surface area contributed by atoms with Crippen LogP contribution < -0.4 is 5.73 Å². The molecule has 0 heterocycles. The lowest BCUT2D eigenvalue weighted by molar-refractivity contribution is 0.0597. The maximum absolute atomic E-state index is 14.3. The number of carbonyl (C=O) groups excluding carboxylic acids is 1. The number of carbonyl (C=O) groups is 1. The molecule has 0 saturated heterocycles. The molecule has 0 unspecified atom stereocenters. The number of nitrogen functional groups attached to an aromatic ring is 1. The summed E-state index contributed by atoms with van der Waals surface area (Å²) in [7, 11) is 1.19. The summed E-state index contributed by atoms with van der Waals surface area (Å²) in [5, 5.41) is 0. The lowest BCUT2D eigenvalue weighted by Crippen LogP contribution is -2.09. The average Bonchev–Trinajstić information content (AvgIpc) is 2.39. The molecular formula is C14H12FNO2. The van der Waals surface area contributed by atoms with Gasteiger partial charge in [-0.2, -0.15) is 0 Å². The number of halogens is 1. The third kappa shape index (κ3) is 2.05. The Balaban J connectivity index is 2.62. The highest BCUT2D eigenvalue weighted by atomic mass is 19.1. The zero-order valence-corrected chi connectivity index (χ0v) is 9.81. The molecule has 3 nitrogen and oxygen atoms in total. The third-order valence-corrected chi connectivity index (χ3v) is 2.65. The highest BCUT2D eigenvalue weighted by Gasteiger charge is 2.19. The normalized spacial score (nSPS) is 10.1. The summed E-state index contributed by atoms with van der Waals surface area (Å²) in [6.07, 6.45) is 0. The number of methoxy groups -OCH3 is 1. The largest absolute Gasteiger partial charge is 0.465 e. The van der Waals surface area contributed by atoms with Crippen molar-refractivity contribution in [1.82, 2.24) is 0 Å². The van der Waals surface area contributed by atoms with Crippen molar-refractivity contribution in [3.63, 3.8) is 0 Å². The first kappa shape index (κ1) is 12.1. The summed E-state index contributed by atoms with van der Waals surface area (Å²) in [5.41, 5.74) is 6.45. The minimum absolute atomic E-state index is 0.0685. The maximum Gasteiger partial charge on any atom is 0.342 e. The second-order valence-corrected chi connectivity index (χ2v) is 3.75. The van der Waals surface area contributed by atoms with E-state index in [-0.39, 0.29) is 11.3 Å². The molecule has 2 aromatic carbocycles.